The number of nitrogen functional groups attached to an aromatic ring is 1. The summed E-state index contributed by atoms with van der Waals surface area (Å²) < 4.78 is 96.0. The number of imidazole rings is 1. The molecule has 4 heterocycles. The van der Waals surface area contributed by atoms with Gasteiger partial charge in [-0.1, -0.05) is 0 Å². The van der Waals surface area contributed by atoms with E-state index in [2.05, 4.69) is 19.9 Å². The molecule has 1 aromatic carbocycles. The SMILES string of the molecule is Nc1nc(-c2cc(C(F)(F)F)cc(C(F)(F)F)c2)nc2nc([C@H]3O[C@H](CO)[C@H]4OCO[C@@H]43)[nH]c12. The molecule has 0 spiro atoms. The highest BCUT2D eigenvalue weighted by molar-refractivity contribution is 5.84. The zero-order valence-corrected chi connectivity index (χ0v) is 16.8. The zero-order valence-electron chi connectivity index (χ0n) is 16.8. The van der Waals surface area contributed by atoms with Crippen molar-refractivity contribution < 1.29 is 45.7 Å². The minimum absolute atomic E-state index is 0.00708. The summed E-state index contributed by atoms with van der Waals surface area (Å²) >= 11 is 0. The van der Waals surface area contributed by atoms with Gasteiger partial charge in [-0.2, -0.15) is 26.3 Å². The molecule has 9 nitrogen and oxygen atoms in total. The molecular weight excluding hydrogens is 476 g/mol. The van der Waals surface area contributed by atoms with Crippen LogP contribution >= 0.6 is 0 Å². The minimum atomic E-state index is -5.03. The van der Waals surface area contributed by atoms with Crippen LogP contribution in [0, 0.1) is 0 Å². The van der Waals surface area contributed by atoms with E-state index in [-0.39, 0.29) is 42.3 Å². The summed E-state index contributed by atoms with van der Waals surface area (Å²) in [6, 6.07) is 1.01. The number of alkyl halides is 6. The Morgan fingerprint density at radius 3 is 2.24 bits per heavy atom. The maximum absolute atomic E-state index is 13.2. The molecule has 2 aliphatic rings. The first-order chi connectivity index (χ1) is 16.0. The molecule has 15 heteroatoms. The highest BCUT2D eigenvalue weighted by Crippen LogP contribution is 2.41. The molecule has 0 radical (unpaired) electrons. The van der Waals surface area contributed by atoms with Gasteiger partial charge in [-0.05, 0) is 18.2 Å². The van der Waals surface area contributed by atoms with Crippen LogP contribution in [0.3, 0.4) is 0 Å². The van der Waals surface area contributed by atoms with Gasteiger partial charge in [0.2, 0.25) is 0 Å². The van der Waals surface area contributed by atoms with Crippen molar-refractivity contribution in [3.8, 4) is 11.4 Å². The van der Waals surface area contributed by atoms with Gasteiger partial charge in [0.25, 0.3) is 0 Å². The maximum Gasteiger partial charge on any atom is 0.416 e. The lowest BCUT2D eigenvalue weighted by molar-refractivity contribution is -0.143. The number of H-pyrrole nitrogens is 1. The van der Waals surface area contributed by atoms with Crippen molar-refractivity contribution in [2.45, 2.75) is 36.8 Å². The molecule has 34 heavy (non-hydrogen) atoms. The van der Waals surface area contributed by atoms with E-state index in [9.17, 15) is 31.4 Å². The first-order valence-electron chi connectivity index (χ1n) is 9.78. The van der Waals surface area contributed by atoms with E-state index in [0.29, 0.717) is 12.1 Å². The molecule has 0 aliphatic carbocycles. The standard InChI is InChI=1S/C19H15F6N5O4/c20-18(21,22)7-1-6(2-8(3-7)19(23,24)25)15-28-14(26)10-16(29-15)30-17(27-10)13-12-11(32-5-33-12)9(4-31)34-13/h1-3,9,11-13,31H,4-5H2,(H3,26,27,28,29,30)/t9-,11-,12+,13+/m1/s1. The molecule has 0 bridgehead atoms. The van der Waals surface area contributed by atoms with Crippen LogP contribution in [-0.2, 0) is 26.6 Å². The molecule has 182 valence electrons. The van der Waals surface area contributed by atoms with Crippen LogP contribution in [0.4, 0.5) is 32.2 Å². The maximum atomic E-state index is 13.2. The van der Waals surface area contributed by atoms with Crippen molar-refractivity contribution in [1.29, 1.82) is 0 Å². The Labute approximate surface area is 185 Å². The highest BCUT2D eigenvalue weighted by Gasteiger charge is 2.51. The molecule has 2 aromatic heterocycles. The lowest BCUT2D eigenvalue weighted by Gasteiger charge is -2.13. The Morgan fingerprint density at radius 2 is 1.62 bits per heavy atom. The molecule has 0 saturated carbocycles. The number of benzene rings is 1. The number of aromatic amines is 1. The van der Waals surface area contributed by atoms with Crippen LogP contribution in [0.2, 0.25) is 0 Å². The van der Waals surface area contributed by atoms with E-state index in [1.165, 1.54) is 0 Å². The fraction of sp³-hybridized carbons (Fsp3) is 0.421. The molecule has 3 aromatic rings. The quantitative estimate of drug-likeness (QED) is 0.478. The van der Waals surface area contributed by atoms with Gasteiger partial charge in [0.1, 0.15) is 42.5 Å². The molecule has 2 saturated heterocycles. The average Bonchev–Trinajstić information content (AvgIpc) is 3.47. The molecular formula is C19H15F6N5O4. The monoisotopic (exact) mass is 491 g/mol. The van der Waals surface area contributed by atoms with Crippen molar-refractivity contribution in [2.75, 3.05) is 19.1 Å². The van der Waals surface area contributed by atoms with Gasteiger partial charge in [-0.25, -0.2) is 15.0 Å². The number of nitrogens with one attached hydrogen (secondary N) is 1. The van der Waals surface area contributed by atoms with Gasteiger partial charge < -0.3 is 30.0 Å². The van der Waals surface area contributed by atoms with Crippen LogP contribution in [0.15, 0.2) is 18.2 Å². The minimum Gasteiger partial charge on any atom is -0.394 e. The number of hydrogen-bond acceptors (Lipinski definition) is 8. The van der Waals surface area contributed by atoms with Crippen molar-refractivity contribution in [1.82, 2.24) is 19.9 Å². The highest BCUT2D eigenvalue weighted by atomic mass is 19.4. The van der Waals surface area contributed by atoms with Gasteiger partial charge in [0.15, 0.2) is 17.3 Å². The van der Waals surface area contributed by atoms with E-state index in [1.54, 1.807) is 0 Å². The smallest absolute Gasteiger partial charge is 0.394 e. The summed E-state index contributed by atoms with van der Waals surface area (Å²) in [6.45, 7) is -0.362. The Bertz CT molecular complexity index is 1210. The number of aliphatic hydroxyl groups is 1. The molecule has 2 aliphatic heterocycles. The lowest BCUT2D eigenvalue weighted by atomic mass is 10.0. The van der Waals surface area contributed by atoms with Crippen LogP contribution in [0.25, 0.3) is 22.6 Å². The van der Waals surface area contributed by atoms with Gasteiger partial charge in [-0.3, -0.25) is 0 Å². The normalized spacial score (nSPS) is 25.3. The number of nitrogens with two attached hydrogens (primary N) is 1. The molecule has 0 unspecified atom stereocenters. The number of aromatic nitrogens is 4. The number of rotatable bonds is 3. The Balaban J connectivity index is 1.58. The number of ether oxygens (including phenoxy) is 3. The van der Waals surface area contributed by atoms with Crippen molar-refractivity contribution in [3.05, 3.63) is 35.2 Å². The lowest BCUT2D eigenvalue weighted by Crippen LogP contribution is -2.30. The third kappa shape index (κ3) is 3.83. The molecule has 2 fully saturated rings. The number of hydrogen-bond donors (Lipinski definition) is 3. The summed E-state index contributed by atoms with van der Waals surface area (Å²) in [4.78, 5) is 15.0. The average molecular weight is 491 g/mol. The molecule has 5 rings (SSSR count). The van der Waals surface area contributed by atoms with Crippen molar-refractivity contribution in [3.63, 3.8) is 0 Å². The van der Waals surface area contributed by atoms with E-state index >= 15 is 0 Å². The third-order valence-electron chi connectivity index (χ3n) is 5.52. The van der Waals surface area contributed by atoms with E-state index < -0.39 is 59.3 Å². The summed E-state index contributed by atoms with van der Waals surface area (Å²) in [6.07, 6.45) is -12.7. The summed E-state index contributed by atoms with van der Waals surface area (Å²) in [5.41, 5.74) is 2.35. The van der Waals surface area contributed by atoms with Crippen LogP contribution in [-0.4, -0.2) is 56.8 Å². The van der Waals surface area contributed by atoms with Gasteiger partial charge >= 0.3 is 12.4 Å². The van der Waals surface area contributed by atoms with Gasteiger partial charge in [-0.15, -0.1) is 0 Å². The number of halogens is 6. The van der Waals surface area contributed by atoms with E-state index in [0.717, 1.165) is 0 Å². The Hall–Kier alpha value is -3.01. The second kappa shape index (κ2) is 7.76. The Morgan fingerprint density at radius 1 is 0.971 bits per heavy atom. The van der Waals surface area contributed by atoms with E-state index in [1.807, 2.05) is 0 Å². The zero-order chi connectivity index (χ0) is 24.4. The van der Waals surface area contributed by atoms with Crippen molar-refractivity contribution in [2.24, 2.45) is 0 Å². The van der Waals surface area contributed by atoms with Crippen molar-refractivity contribution >= 4 is 17.0 Å². The third-order valence-corrected chi connectivity index (χ3v) is 5.52. The second-order valence-corrected chi connectivity index (χ2v) is 7.71. The van der Waals surface area contributed by atoms with Crippen LogP contribution in [0.5, 0.6) is 0 Å². The first-order valence-corrected chi connectivity index (χ1v) is 9.78. The largest absolute Gasteiger partial charge is 0.416 e. The predicted octanol–water partition coefficient (Wildman–Crippen LogP) is 2.81. The molecule has 4 N–H and O–H groups in total. The number of aliphatic hydroxyl groups excluding tert-OH is 1. The fourth-order valence-electron chi connectivity index (χ4n) is 3.96. The topological polar surface area (TPSA) is 128 Å². The number of anilines is 1. The van der Waals surface area contributed by atoms with Gasteiger partial charge in [0, 0.05) is 5.56 Å². The van der Waals surface area contributed by atoms with Crippen LogP contribution in [0.1, 0.15) is 23.1 Å². The Kier molecular flexibility index (Phi) is 5.20. The molecule has 0 amide bonds. The predicted molar refractivity (Wildman–Crippen MR) is 101 cm³/mol. The fourth-order valence-corrected chi connectivity index (χ4v) is 3.96. The number of fused-ring (bicyclic) bond motifs is 2. The first kappa shape index (κ1) is 22.8. The van der Waals surface area contributed by atoms with Gasteiger partial charge in [0.05, 0.1) is 17.7 Å². The summed E-state index contributed by atoms with van der Waals surface area (Å²) in [5, 5.41) is 9.49. The van der Waals surface area contributed by atoms with E-state index in [4.69, 9.17) is 19.9 Å². The van der Waals surface area contributed by atoms with Crippen LogP contribution < -0.4 is 5.73 Å². The summed E-state index contributed by atoms with van der Waals surface area (Å²) in [7, 11) is 0. The number of nitrogens with zero attached hydrogens (tertiary/aromatic N) is 3. The summed E-state index contributed by atoms with van der Waals surface area (Å²) in [5.74, 6) is -0.551. The second-order valence-electron chi connectivity index (χ2n) is 7.71. The molecule has 4 atom stereocenters.